The summed E-state index contributed by atoms with van der Waals surface area (Å²) < 4.78 is 6.72. The number of hydrogen-bond acceptors (Lipinski definition) is 5. The van der Waals surface area contributed by atoms with E-state index in [4.69, 9.17) is 4.74 Å². The van der Waals surface area contributed by atoms with Crippen molar-refractivity contribution >= 4 is 33.2 Å². The van der Waals surface area contributed by atoms with Crippen LogP contribution in [0.5, 0.6) is 10.8 Å². The van der Waals surface area contributed by atoms with E-state index in [9.17, 15) is 9.90 Å². The Bertz CT molecular complexity index is 904. The zero-order valence-corrected chi connectivity index (χ0v) is 14.1. The highest BCUT2D eigenvalue weighted by Gasteiger charge is 2.32. The third-order valence-corrected chi connectivity index (χ3v) is 5.45. The molecule has 0 atom stereocenters. The molecule has 0 unspecified atom stereocenters. The summed E-state index contributed by atoms with van der Waals surface area (Å²) in [5.74, 6) is -0.374. The molecule has 8 heteroatoms. The van der Waals surface area contributed by atoms with Gasteiger partial charge in [0.1, 0.15) is 20.9 Å². The molecule has 0 saturated carbocycles. The number of nitrogens with zero attached hydrogens (tertiary/aromatic N) is 2. The Morgan fingerprint density at radius 3 is 2.96 bits per heavy atom. The van der Waals surface area contributed by atoms with Crippen molar-refractivity contribution in [2.24, 2.45) is 0 Å². The number of nitrogens with one attached hydrogen (secondary N) is 1. The standard InChI is InChI=1S/C15H10BrN3O3S/c16-13-9-4-3-8-10(11(9)18-19-13)15(23-12(8)14(20)21)22-7-2-1-5-17-6-7/h1-2,5-6H,3-4H2,(H,18,19)(H,20,21). The number of pyridine rings is 1. The van der Waals surface area contributed by atoms with Crippen LogP contribution in [-0.4, -0.2) is 26.3 Å². The molecule has 3 aromatic rings. The first-order chi connectivity index (χ1) is 11.1. The van der Waals surface area contributed by atoms with Crippen molar-refractivity contribution in [2.45, 2.75) is 12.8 Å². The minimum absolute atomic E-state index is 0.309. The first-order valence-electron chi connectivity index (χ1n) is 6.85. The van der Waals surface area contributed by atoms with Crippen LogP contribution in [0.4, 0.5) is 0 Å². The van der Waals surface area contributed by atoms with Crippen LogP contribution in [0.25, 0.3) is 11.3 Å². The van der Waals surface area contributed by atoms with Gasteiger partial charge in [-0.15, -0.1) is 0 Å². The number of H-pyrrole nitrogens is 1. The molecule has 0 fully saturated rings. The molecule has 2 N–H and O–H groups in total. The van der Waals surface area contributed by atoms with E-state index in [1.165, 1.54) is 0 Å². The molecule has 1 aliphatic rings. The normalized spacial score (nSPS) is 12.6. The quantitative estimate of drug-likeness (QED) is 0.706. The van der Waals surface area contributed by atoms with E-state index in [0.29, 0.717) is 22.1 Å². The maximum absolute atomic E-state index is 11.6. The fraction of sp³-hybridized carbons (Fsp3) is 0.133. The summed E-state index contributed by atoms with van der Waals surface area (Å²) in [6.45, 7) is 0. The third-order valence-electron chi connectivity index (χ3n) is 3.69. The number of carbonyl (C=O) groups is 1. The number of carboxylic acid groups (broad SMARTS) is 1. The molecule has 0 aromatic carbocycles. The van der Waals surface area contributed by atoms with E-state index in [2.05, 4.69) is 31.1 Å². The van der Waals surface area contributed by atoms with Gasteiger partial charge in [0, 0.05) is 11.8 Å². The Morgan fingerprint density at radius 2 is 2.22 bits per heavy atom. The van der Waals surface area contributed by atoms with E-state index in [-0.39, 0.29) is 0 Å². The van der Waals surface area contributed by atoms with E-state index in [1.54, 1.807) is 24.5 Å². The average Bonchev–Trinajstić information content (AvgIpc) is 3.10. The second-order valence-corrected chi connectivity index (χ2v) is 6.81. The van der Waals surface area contributed by atoms with E-state index in [1.807, 2.05) is 0 Å². The first kappa shape index (κ1) is 14.4. The van der Waals surface area contributed by atoms with Crippen LogP contribution >= 0.6 is 27.3 Å². The van der Waals surface area contributed by atoms with Crippen molar-refractivity contribution in [3.8, 4) is 22.1 Å². The van der Waals surface area contributed by atoms with Crippen LogP contribution < -0.4 is 4.74 Å². The minimum atomic E-state index is -0.940. The summed E-state index contributed by atoms with van der Waals surface area (Å²) in [7, 11) is 0. The molecule has 0 bridgehead atoms. The van der Waals surface area contributed by atoms with Gasteiger partial charge in [0.2, 0.25) is 0 Å². The number of hydrogen-bond donors (Lipinski definition) is 2. The molecular formula is C15H10BrN3O3S. The van der Waals surface area contributed by atoms with Gasteiger partial charge in [0.25, 0.3) is 0 Å². The van der Waals surface area contributed by atoms with Gasteiger partial charge in [0.15, 0.2) is 5.06 Å². The number of ether oxygens (including phenoxy) is 1. The Morgan fingerprint density at radius 1 is 1.39 bits per heavy atom. The molecule has 23 heavy (non-hydrogen) atoms. The lowest BCUT2D eigenvalue weighted by Crippen LogP contribution is -2.06. The molecular weight excluding hydrogens is 382 g/mol. The smallest absolute Gasteiger partial charge is 0.346 e. The summed E-state index contributed by atoms with van der Waals surface area (Å²) in [6.07, 6.45) is 4.64. The monoisotopic (exact) mass is 391 g/mol. The van der Waals surface area contributed by atoms with Crippen molar-refractivity contribution in [3.63, 3.8) is 0 Å². The number of aromatic amines is 1. The molecule has 6 nitrogen and oxygen atoms in total. The summed E-state index contributed by atoms with van der Waals surface area (Å²) >= 11 is 4.58. The zero-order valence-electron chi connectivity index (χ0n) is 11.7. The van der Waals surface area contributed by atoms with Gasteiger partial charge in [-0.3, -0.25) is 10.1 Å². The average molecular weight is 392 g/mol. The van der Waals surface area contributed by atoms with Crippen molar-refractivity contribution in [2.75, 3.05) is 0 Å². The second kappa shape index (κ2) is 5.47. The molecule has 0 spiro atoms. The van der Waals surface area contributed by atoms with Crippen molar-refractivity contribution in [1.82, 2.24) is 15.2 Å². The van der Waals surface area contributed by atoms with Crippen LogP contribution in [0.2, 0.25) is 0 Å². The van der Waals surface area contributed by atoms with Gasteiger partial charge in [-0.1, -0.05) is 11.3 Å². The van der Waals surface area contributed by atoms with Crippen molar-refractivity contribution in [3.05, 3.63) is 45.1 Å². The predicted molar refractivity (Wildman–Crippen MR) is 88.3 cm³/mol. The van der Waals surface area contributed by atoms with Gasteiger partial charge >= 0.3 is 5.97 Å². The lowest BCUT2D eigenvalue weighted by atomic mass is 9.92. The van der Waals surface area contributed by atoms with Gasteiger partial charge in [-0.2, -0.15) is 5.10 Å². The van der Waals surface area contributed by atoms with Crippen molar-refractivity contribution in [1.29, 1.82) is 0 Å². The Balaban J connectivity index is 1.89. The van der Waals surface area contributed by atoms with Crippen LogP contribution in [0.15, 0.2) is 29.1 Å². The minimum Gasteiger partial charge on any atom is -0.477 e. The summed E-state index contributed by atoms with van der Waals surface area (Å²) in [4.78, 5) is 15.9. The predicted octanol–water partition coefficient (Wildman–Crippen LogP) is 3.88. The highest BCUT2D eigenvalue weighted by atomic mass is 79.9. The maximum Gasteiger partial charge on any atom is 0.346 e. The van der Waals surface area contributed by atoms with E-state index < -0.39 is 5.97 Å². The van der Waals surface area contributed by atoms with Gasteiger partial charge in [-0.25, -0.2) is 4.79 Å². The van der Waals surface area contributed by atoms with Crippen LogP contribution in [0.1, 0.15) is 20.8 Å². The molecule has 0 amide bonds. The number of thiophene rings is 1. The Hall–Kier alpha value is -2.19. The number of carboxylic acids is 1. The number of rotatable bonds is 3. The SMILES string of the molecule is O=C(O)c1sc(Oc2cccnc2)c2c1CCc1c-2n[nH]c1Br. The van der Waals surface area contributed by atoms with Crippen molar-refractivity contribution < 1.29 is 14.6 Å². The molecule has 0 aliphatic heterocycles. The Labute approximate surface area is 143 Å². The highest BCUT2D eigenvalue weighted by Crippen LogP contribution is 2.48. The molecule has 0 radical (unpaired) electrons. The van der Waals surface area contributed by atoms with E-state index >= 15 is 0 Å². The third kappa shape index (κ3) is 2.34. The first-order valence-corrected chi connectivity index (χ1v) is 8.46. The fourth-order valence-electron chi connectivity index (χ4n) is 2.71. The zero-order chi connectivity index (χ0) is 16.0. The molecule has 3 aromatic heterocycles. The molecule has 4 rings (SSSR count). The lowest BCUT2D eigenvalue weighted by molar-refractivity contribution is 0.0701. The summed E-state index contributed by atoms with van der Waals surface area (Å²) in [6, 6.07) is 3.55. The van der Waals surface area contributed by atoms with E-state index in [0.717, 1.165) is 44.7 Å². The van der Waals surface area contributed by atoms with Gasteiger partial charge in [0.05, 0.1) is 11.8 Å². The molecule has 116 valence electrons. The van der Waals surface area contributed by atoms with Gasteiger partial charge < -0.3 is 9.84 Å². The number of fused-ring (bicyclic) bond motifs is 3. The largest absolute Gasteiger partial charge is 0.477 e. The fourth-order valence-corrected chi connectivity index (χ4v) is 4.24. The molecule has 0 saturated heterocycles. The highest BCUT2D eigenvalue weighted by molar-refractivity contribution is 9.10. The summed E-state index contributed by atoms with van der Waals surface area (Å²) in [5, 5.41) is 17.2. The molecule has 1 aliphatic carbocycles. The summed E-state index contributed by atoms with van der Waals surface area (Å²) in [5.41, 5.74) is 3.34. The van der Waals surface area contributed by atoms with Crippen LogP contribution in [0.3, 0.4) is 0 Å². The topological polar surface area (TPSA) is 88.1 Å². The van der Waals surface area contributed by atoms with Crippen LogP contribution in [0, 0.1) is 0 Å². The molecule has 3 heterocycles. The van der Waals surface area contributed by atoms with Crippen LogP contribution in [-0.2, 0) is 12.8 Å². The lowest BCUT2D eigenvalue weighted by Gasteiger charge is -2.13. The number of aromatic carboxylic acids is 1. The Kier molecular flexibility index (Phi) is 3.42. The second-order valence-electron chi connectivity index (χ2n) is 5.03. The number of halogens is 1. The number of aromatic nitrogens is 3. The van der Waals surface area contributed by atoms with Gasteiger partial charge in [-0.05, 0) is 46.5 Å². The maximum atomic E-state index is 11.6.